The Labute approximate surface area is 314 Å². The summed E-state index contributed by atoms with van der Waals surface area (Å²) in [7, 11) is 0. The maximum atomic E-state index is 8.79. The molecule has 0 saturated carbocycles. The first kappa shape index (κ1) is 52.9. The quantitative estimate of drug-likeness (QED) is 0.107. The van der Waals surface area contributed by atoms with E-state index in [9.17, 15) is 0 Å². The maximum absolute atomic E-state index is 8.79. The van der Waals surface area contributed by atoms with Crippen LogP contribution in [0.2, 0.25) is 0 Å². The minimum absolute atomic E-state index is 0. The van der Waals surface area contributed by atoms with Gasteiger partial charge in [0, 0.05) is 32.5 Å². The SMILES string of the molecule is C.CCC(O)C=C(C)O.Cc1cc[c-]cc1.[C-]#CC.[CH3-].[CH3-].[Ir].[Pt+4].[c-]1ccccc1-c1ccccn1.[c-]1ccccc1-c1ccccn1. The number of aliphatic hydroxyl groups is 2. The molecule has 5 rings (SSSR count). The molecule has 0 aliphatic heterocycles. The summed E-state index contributed by atoms with van der Waals surface area (Å²) in [4.78, 5) is 8.44. The van der Waals surface area contributed by atoms with E-state index in [4.69, 9.17) is 16.6 Å². The zero-order valence-corrected chi connectivity index (χ0v) is 32.0. The Bertz CT molecular complexity index is 1250. The Balaban J connectivity index is -0.000000160. The Morgan fingerprint density at radius 3 is 1.45 bits per heavy atom. The molecular formula is C41H48IrN2O2Pt-2. The van der Waals surface area contributed by atoms with E-state index in [0.717, 1.165) is 22.5 Å². The molecule has 1 radical (unpaired) electrons. The molecule has 0 spiro atoms. The fourth-order valence-corrected chi connectivity index (χ4v) is 3.02. The Morgan fingerprint density at radius 1 is 0.809 bits per heavy atom. The number of hydrogen-bond donors (Lipinski definition) is 2. The van der Waals surface area contributed by atoms with Crippen LogP contribution in [0.5, 0.6) is 0 Å². The number of pyridine rings is 2. The van der Waals surface area contributed by atoms with Crippen molar-refractivity contribution in [3.8, 4) is 28.4 Å². The van der Waals surface area contributed by atoms with Crippen LogP contribution in [0.3, 0.4) is 0 Å². The summed E-state index contributed by atoms with van der Waals surface area (Å²) in [6.45, 7) is 7.00. The molecule has 1 atom stereocenters. The van der Waals surface area contributed by atoms with Gasteiger partial charge in [0.15, 0.2) is 0 Å². The number of nitrogens with zero attached hydrogens (tertiary/aromatic N) is 2. The largest absolute Gasteiger partial charge is 4.00 e. The maximum Gasteiger partial charge on any atom is 4.00 e. The molecule has 2 heterocycles. The van der Waals surface area contributed by atoms with Gasteiger partial charge < -0.3 is 47.4 Å². The summed E-state index contributed by atoms with van der Waals surface area (Å²) < 4.78 is 0. The monoisotopic (exact) mass is 988 g/mol. The molecular weight excluding hydrogens is 940 g/mol. The fraction of sp³-hybridized carbons (Fsp3) is 0.171. The van der Waals surface area contributed by atoms with Crippen molar-refractivity contribution in [1.29, 1.82) is 0 Å². The van der Waals surface area contributed by atoms with Crippen molar-refractivity contribution in [2.75, 3.05) is 0 Å². The number of rotatable bonds is 4. The zero-order chi connectivity index (χ0) is 30.8. The van der Waals surface area contributed by atoms with Crippen LogP contribution >= 0.6 is 0 Å². The van der Waals surface area contributed by atoms with Crippen molar-refractivity contribution in [3.05, 3.63) is 178 Å². The van der Waals surface area contributed by atoms with Crippen LogP contribution in [0.4, 0.5) is 0 Å². The van der Waals surface area contributed by atoms with E-state index in [1.807, 2.05) is 122 Å². The average molecular weight is 988 g/mol. The van der Waals surface area contributed by atoms with Crippen molar-refractivity contribution >= 4 is 0 Å². The van der Waals surface area contributed by atoms with Crippen LogP contribution < -0.4 is 0 Å². The summed E-state index contributed by atoms with van der Waals surface area (Å²) in [6.07, 6.45) is 11.1. The van der Waals surface area contributed by atoms with E-state index >= 15 is 0 Å². The molecule has 2 N–H and O–H groups in total. The minimum atomic E-state index is -0.486. The number of hydrogen-bond acceptors (Lipinski definition) is 4. The molecule has 4 nitrogen and oxygen atoms in total. The van der Waals surface area contributed by atoms with Crippen molar-refractivity contribution in [2.24, 2.45) is 0 Å². The van der Waals surface area contributed by atoms with Crippen LogP contribution in [0.1, 0.15) is 40.2 Å². The smallest absolute Gasteiger partial charge is 0.694 e. The second-order valence-electron chi connectivity index (χ2n) is 8.59. The normalized spacial score (nSPS) is 9.15. The number of benzene rings is 3. The Kier molecular flexibility index (Phi) is 39.6. The molecule has 1 unspecified atom stereocenters. The molecule has 3 aromatic carbocycles. The van der Waals surface area contributed by atoms with E-state index in [-0.39, 0.29) is 69.2 Å². The van der Waals surface area contributed by atoms with Crippen LogP contribution in [-0.2, 0) is 41.2 Å². The van der Waals surface area contributed by atoms with Gasteiger partial charge in [0.05, 0.1) is 11.9 Å². The second kappa shape index (κ2) is 35.2. The molecule has 2 aromatic heterocycles. The summed E-state index contributed by atoms with van der Waals surface area (Å²) in [5.41, 5.74) is 5.31. The Hall–Kier alpha value is -3.64. The predicted molar refractivity (Wildman–Crippen MR) is 192 cm³/mol. The third kappa shape index (κ3) is 27.2. The first-order valence-electron chi connectivity index (χ1n) is 13.5. The minimum Gasteiger partial charge on any atom is -0.694 e. The summed E-state index contributed by atoms with van der Waals surface area (Å²) in [5.74, 6) is 2.18. The van der Waals surface area contributed by atoms with Gasteiger partial charge in [-0.1, -0.05) is 45.5 Å². The van der Waals surface area contributed by atoms with Gasteiger partial charge in [-0.3, -0.25) is 0 Å². The van der Waals surface area contributed by atoms with Gasteiger partial charge in [-0.05, 0) is 49.9 Å². The molecule has 255 valence electrons. The molecule has 0 amide bonds. The third-order valence-electron chi connectivity index (χ3n) is 5.04. The average Bonchev–Trinajstić information content (AvgIpc) is 3.04. The van der Waals surface area contributed by atoms with Crippen LogP contribution in [-0.4, -0.2) is 26.3 Å². The first-order valence-corrected chi connectivity index (χ1v) is 13.5. The van der Waals surface area contributed by atoms with Crippen LogP contribution in [0, 0.1) is 52.3 Å². The molecule has 0 bridgehead atoms. The van der Waals surface area contributed by atoms with Crippen LogP contribution in [0.15, 0.2) is 133 Å². The van der Waals surface area contributed by atoms with Gasteiger partial charge in [0.2, 0.25) is 0 Å². The number of aliphatic hydroxyl groups excluding tert-OH is 2. The second-order valence-corrected chi connectivity index (χ2v) is 8.59. The van der Waals surface area contributed by atoms with E-state index in [2.05, 4.69) is 35.1 Å². The first-order chi connectivity index (χ1) is 20.4. The molecule has 0 saturated heterocycles. The molecule has 0 aliphatic rings. The number of aromatic nitrogens is 2. The number of allylic oxidation sites excluding steroid dienone is 1. The van der Waals surface area contributed by atoms with Gasteiger partial charge in [0.1, 0.15) is 0 Å². The van der Waals surface area contributed by atoms with Crippen molar-refractivity contribution in [3.63, 3.8) is 0 Å². The summed E-state index contributed by atoms with van der Waals surface area (Å²) >= 11 is 0. The van der Waals surface area contributed by atoms with E-state index < -0.39 is 6.10 Å². The van der Waals surface area contributed by atoms with Crippen molar-refractivity contribution < 1.29 is 51.4 Å². The van der Waals surface area contributed by atoms with E-state index in [1.54, 1.807) is 26.2 Å². The van der Waals surface area contributed by atoms with Gasteiger partial charge in [0.25, 0.3) is 0 Å². The van der Waals surface area contributed by atoms with Gasteiger partial charge in [-0.25, -0.2) is 0 Å². The molecule has 6 heteroatoms. The predicted octanol–water partition coefficient (Wildman–Crippen LogP) is 10.2. The van der Waals surface area contributed by atoms with Gasteiger partial charge >= 0.3 is 21.1 Å². The molecule has 5 aromatic rings. The zero-order valence-electron chi connectivity index (χ0n) is 27.3. The van der Waals surface area contributed by atoms with Crippen molar-refractivity contribution in [1.82, 2.24) is 9.97 Å². The van der Waals surface area contributed by atoms with E-state index in [0.29, 0.717) is 6.42 Å². The standard InChI is InChI=1S/2C11H8N.C7H7.C6H12O2.C3H3.CH4.2CH3.Ir.Pt/c2*1-2-6-10(7-3-1)11-8-4-5-9-12-11;1-7-5-3-2-4-6-7;1-3-6(8)4-5(2)7;1-3-2;;;;;/h2*1-6,8-9H;3-6H,1H3;4,6-8H,3H2,1-2H3;1H3;1H4;2*1H3;;/q3*-1;;-1;;2*-1;;+4. The molecule has 0 aliphatic carbocycles. The Morgan fingerprint density at radius 2 is 1.21 bits per heavy atom. The summed E-state index contributed by atoms with van der Waals surface area (Å²) in [5, 5.41) is 17.3. The van der Waals surface area contributed by atoms with Gasteiger partial charge in [-0.2, -0.15) is 35.9 Å². The van der Waals surface area contributed by atoms with Crippen molar-refractivity contribution in [2.45, 2.75) is 47.6 Å². The summed E-state index contributed by atoms with van der Waals surface area (Å²) in [6, 6.07) is 44.4. The van der Waals surface area contributed by atoms with Crippen LogP contribution in [0.25, 0.3) is 22.5 Å². The fourth-order valence-electron chi connectivity index (χ4n) is 3.02. The van der Waals surface area contributed by atoms with Gasteiger partial charge in [-0.15, -0.1) is 71.8 Å². The third-order valence-corrected chi connectivity index (χ3v) is 5.04. The van der Waals surface area contributed by atoms with E-state index in [1.165, 1.54) is 11.6 Å². The molecule has 0 fully saturated rings. The number of aryl methyl sites for hydroxylation is 1. The molecule has 47 heavy (non-hydrogen) atoms. The topological polar surface area (TPSA) is 66.2 Å².